The lowest BCUT2D eigenvalue weighted by molar-refractivity contribution is 0.414. The number of H-pyrrole nitrogens is 1. The number of aromatic amines is 1. The van der Waals surface area contributed by atoms with Gasteiger partial charge in [-0.1, -0.05) is 11.2 Å². The summed E-state index contributed by atoms with van der Waals surface area (Å²) in [7, 11) is 3.11. The maximum Gasteiger partial charge on any atom is 0.333 e. The highest BCUT2D eigenvalue weighted by Gasteiger charge is 2.15. The fourth-order valence-corrected chi connectivity index (χ4v) is 3.53. The van der Waals surface area contributed by atoms with Crippen molar-refractivity contribution in [2.75, 3.05) is 14.2 Å². The molecule has 3 aromatic carbocycles. The minimum Gasteiger partial charge on any atom is -0.497 e. The van der Waals surface area contributed by atoms with Crippen molar-refractivity contribution in [2.24, 2.45) is 0 Å². The van der Waals surface area contributed by atoms with Gasteiger partial charge in [0.05, 0.1) is 30.8 Å². The third-order valence-electron chi connectivity index (χ3n) is 5.23. The van der Waals surface area contributed by atoms with Crippen molar-refractivity contribution in [3.05, 3.63) is 87.6 Å². The van der Waals surface area contributed by atoms with Gasteiger partial charge in [0.25, 0.3) is 11.4 Å². The number of ether oxygens (including phenoxy) is 2. The van der Waals surface area contributed by atoms with E-state index in [1.165, 1.54) is 7.11 Å². The zero-order valence-electron chi connectivity index (χ0n) is 17.7. The van der Waals surface area contributed by atoms with E-state index >= 15 is 0 Å². The predicted molar refractivity (Wildman–Crippen MR) is 122 cm³/mol. The minimum atomic E-state index is -0.567. The number of nitrogens with one attached hydrogen (secondary N) is 1. The van der Waals surface area contributed by atoms with Gasteiger partial charge in [0, 0.05) is 17.2 Å². The largest absolute Gasteiger partial charge is 0.497 e. The van der Waals surface area contributed by atoms with Crippen molar-refractivity contribution >= 4 is 10.9 Å². The van der Waals surface area contributed by atoms with E-state index in [1.54, 1.807) is 61.7 Å². The van der Waals surface area contributed by atoms with Crippen LogP contribution in [0, 0.1) is 0 Å². The lowest BCUT2D eigenvalue weighted by atomic mass is 10.1. The Morgan fingerprint density at radius 1 is 0.879 bits per heavy atom. The Labute approximate surface area is 186 Å². The van der Waals surface area contributed by atoms with Gasteiger partial charge in [-0.2, -0.15) is 4.98 Å². The molecule has 2 aromatic heterocycles. The number of hydrogen-bond acceptors (Lipinski definition) is 7. The number of nitrogens with zero attached hydrogens (tertiary/aromatic N) is 3. The molecule has 9 heteroatoms. The normalized spacial score (nSPS) is 11.0. The van der Waals surface area contributed by atoms with E-state index < -0.39 is 11.2 Å². The molecule has 0 saturated carbocycles. The fourth-order valence-electron chi connectivity index (χ4n) is 3.53. The maximum atomic E-state index is 13.1. The Hall–Kier alpha value is -4.66. The van der Waals surface area contributed by atoms with E-state index in [-0.39, 0.29) is 5.89 Å². The van der Waals surface area contributed by atoms with Gasteiger partial charge in [-0.15, -0.1) is 0 Å². The lowest BCUT2D eigenvalue weighted by Gasteiger charge is -2.08. The van der Waals surface area contributed by atoms with Crippen molar-refractivity contribution in [2.45, 2.75) is 0 Å². The molecule has 0 saturated heterocycles. The molecule has 0 bridgehead atoms. The molecule has 164 valence electrons. The molecule has 33 heavy (non-hydrogen) atoms. The molecule has 5 aromatic rings. The van der Waals surface area contributed by atoms with Crippen LogP contribution in [0.5, 0.6) is 11.5 Å². The quantitative estimate of drug-likeness (QED) is 0.444. The number of rotatable bonds is 5. The molecule has 0 fully saturated rings. The first-order valence-corrected chi connectivity index (χ1v) is 9.99. The predicted octanol–water partition coefficient (Wildman–Crippen LogP) is 3.41. The van der Waals surface area contributed by atoms with Crippen molar-refractivity contribution in [3.63, 3.8) is 0 Å². The molecule has 0 amide bonds. The van der Waals surface area contributed by atoms with Crippen LogP contribution in [0.4, 0.5) is 0 Å². The maximum absolute atomic E-state index is 13.1. The van der Waals surface area contributed by atoms with Crippen molar-refractivity contribution in [1.29, 1.82) is 0 Å². The third kappa shape index (κ3) is 3.65. The number of hydrogen-bond donors (Lipinski definition) is 1. The number of benzene rings is 3. The second-order valence-electron chi connectivity index (χ2n) is 7.18. The smallest absolute Gasteiger partial charge is 0.333 e. The molecule has 0 aliphatic rings. The van der Waals surface area contributed by atoms with Crippen LogP contribution >= 0.6 is 0 Å². The molecule has 5 rings (SSSR count). The topological polar surface area (TPSA) is 112 Å². The van der Waals surface area contributed by atoms with Gasteiger partial charge in [0.2, 0.25) is 5.82 Å². The summed E-state index contributed by atoms with van der Waals surface area (Å²) < 4.78 is 16.8. The Morgan fingerprint density at radius 2 is 1.64 bits per heavy atom. The molecular weight excluding hydrogens is 424 g/mol. The first kappa shape index (κ1) is 20.3. The molecule has 0 unspecified atom stereocenters. The first-order chi connectivity index (χ1) is 16.1. The Morgan fingerprint density at radius 3 is 2.39 bits per heavy atom. The van der Waals surface area contributed by atoms with Crippen LogP contribution in [0.15, 0.2) is 80.8 Å². The van der Waals surface area contributed by atoms with Crippen molar-refractivity contribution < 1.29 is 14.0 Å². The van der Waals surface area contributed by atoms with E-state index in [0.29, 0.717) is 33.7 Å². The zero-order chi connectivity index (χ0) is 22.9. The van der Waals surface area contributed by atoms with Crippen LogP contribution < -0.4 is 20.7 Å². The van der Waals surface area contributed by atoms with Gasteiger partial charge in [0.15, 0.2) is 0 Å². The average Bonchev–Trinajstić information content (AvgIpc) is 3.34. The molecule has 0 aliphatic heterocycles. The van der Waals surface area contributed by atoms with E-state index in [4.69, 9.17) is 14.0 Å². The van der Waals surface area contributed by atoms with Gasteiger partial charge in [-0.25, -0.2) is 9.36 Å². The molecule has 0 aliphatic carbocycles. The van der Waals surface area contributed by atoms with E-state index in [1.807, 2.05) is 12.1 Å². The number of methoxy groups -OCH3 is 2. The Kier molecular flexibility index (Phi) is 4.98. The van der Waals surface area contributed by atoms with Gasteiger partial charge in [0.1, 0.15) is 11.5 Å². The van der Waals surface area contributed by atoms with Crippen LogP contribution in [-0.2, 0) is 0 Å². The second kappa shape index (κ2) is 8.12. The SMILES string of the molecule is COc1ccc(-c2noc(-c3ccc4c(=O)n(-c5cccc(OC)c5)c(=O)[nH]c4c3)n2)cc1. The average molecular weight is 442 g/mol. The summed E-state index contributed by atoms with van der Waals surface area (Å²) in [4.78, 5) is 33.0. The standard InChI is InChI=1S/C24H18N4O5/c1-31-17-9-6-14(7-10-17)21-26-22(33-27-21)15-8-11-19-20(12-15)25-24(30)28(23(19)29)16-4-3-5-18(13-16)32-2/h3-13H,1-2H3,(H,25,30). The lowest BCUT2D eigenvalue weighted by Crippen LogP contribution is -2.33. The number of aromatic nitrogens is 4. The molecular formula is C24H18N4O5. The Bertz CT molecular complexity index is 1580. The molecule has 0 atom stereocenters. The van der Waals surface area contributed by atoms with E-state index in [9.17, 15) is 9.59 Å². The van der Waals surface area contributed by atoms with Gasteiger partial charge in [-0.05, 0) is 54.6 Å². The summed E-state index contributed by atoms with van der Waals surface area (Å²) in [5.74, 6) is 1.94. The summed E-state index contributed by atoms with van der Waals surface area (Å²) in [6.45, 7) is 0. The first-order valence-electron chi connectivity index (χ1n) is 9.99. The summed E-state index contributed by atoms with van der Waals surface area (Å²) in [5.41, 5.74) is 1.10. The highest BCUT2D eigenvalue weighted by atomic mass is 16.5. The zero-order valence-corrected chi connectivity index (χ0v) is 17.7. The number of fused-ring (bicyclic) bond motifs is 1. The molecule has 2 heterocycles. The molecule has 0 radical (unpaired) electrons. The Balaban J connectivity index is 1.55. The van der Waals surface area contributed by atoms with E-state index in [2.05, 4.69) is 15.1 Å². The third-order valence-corrected chi connectivity index (χ3v) is 5.23. The van der Waals surface area contributed by atoms with Crippen LogP contribution in [0.3, 0.4) is 0 Å². The van der Waals surface area contributed by atoms with Crippen LogP contribution in [0.2, 0.25) is 0 Å². The monoisotopic (exact) mass is 442 g/mol. The molecule has 0 spiro atoms. The van der Waals surface area contributed by atoms with Crippen LogP contribution in [-0.4, -0.2) is 33.9 Å². The summed E-state index contributed by atoms with van der Waals surface area (Å²) in [6.07, 6.45) is 0. The highest BCUT2D eigenvalue weighted by Crippen LogP contribution is 2.25. The van der Waals surface area contributed by atoms with Crippen LogP contribution in [0.25, 0.3) is 39.4 Å². The summed E-state index contributed by atoms with van der Waals surface area (Å²) in [5, 5.41) is 4.37. The van der Waals surface area contributed by atoms with Gasteiger partial charge < -0.3 is 19.0 Å². The fraction of sp³-hybridized carbons (Fsp3) is 0.0833. The summed E-state index contributed by atoms with van der Waals surface area (Å²) in [6, 6.07) is 19.0. The molecule has 1 N–H and O–H groups in total. The second-order valence-corrected chi connectivity index (χ2v) is 7.18. The molecule has 9 nitrogen and oxygen atoms in total. The van der Waals surface area contributed by atoms with Crippen LogP contribution in [0.1, 0.15) is 0 Å². The van der Waals surface area contributed by atoms with Gasteiger partial charge >= 0.3 is 5.69 Å². The highest BCUT2D eigenvalue weighted by molar-refractivity contribution is 5.82. The minimum absolute atomic E-state index is 0.264. The van der Waals surface area contributed by atoms with Crippen molar-refractivity contribution in [3.8, 4) is 40.0 Å². The summed E-state index contributed by atoms with van der Waals surface area (Å²) >= 11 is 0. The van der Waals surface area contributed by atoms with E-state index in [0.717, 1.165) is 15.9 Å². The van der Waals surface area contributed by atoms with Crippen molar-refractivity contribution in [1.82, 2.24) is 19.7 Å². The van der Waals surface area contributed by atoms with Gasteiger partial charge in [-0.3, -0.25) is 4.79 Å².